The first-order valence-electron chi connectivity index (χ1n) is 2.99. The molecule has 0 saturated heterocycles. The molecule has 1 aromatic rings. The van der Waals surface area contributed by atoms with Crippen LogP contribution >= 0.6 is 0 Å². The van der Waals surface area contributed by atoms with Gasteiger partial charge in [-0.25, -0.2) is 4.68 Å². The second kappa shape index (κ2) is 2.13. The first-order valence-corrected chi connectivity index (χ1v) is 2.99. The van der Waals surface area contributed by atoms with E-state index in [9.17, 15) is 0 Å². The fourth-order valence-corrected chi connectivity index (χ4v) is 0.788. The number of nitrogens with two attached hydrogens (primary N) is 1. The molecular weight excluding hydrogens is 128 g/mol. The Hall–Kier alpha value is -1.32. The Labute approximate surface area is 59.2 Å². The van der Waals surface area contributed by atoms with Crippen LogP contribution in [-0.2, 0) is 0 Å². The Morgan fingerprint density at radius 3 is 2.60 bits per heavy atom. The van der Waals surface area contributed by atoms with Gasteiger partial charge in [-0.2, -0.15) is 5.10 Å². The Bertz CT molecular complexity index is 261. The molecule has 0 amide bonds. The molecule has 0 radical (unpaired) electrons. The van der Waals surface area contributed by atoms with Gasteiger partial charge in [0, 0.05) is 6.07 Å². The molecule has 1 aromatic heterocycles. The minimum Gasteiger partial charge on any atom is -0.384 e. The van der Waals surface area contributed by atoms with Gasteiger partial charge >= 0.3 is 0 Å². The van der Waals surface area contributed by atoms with Crippen molar-refractivity contribution in [2.45, 2.75) is 13.8 Å². The van der Waals surface area contributed by atoms with E-state index in [0.29, 0.717) is 11.7 Å². The monoisotopic (exact) mass is 138 g/mol. The van der Waals surface area contributed by atoms with E-state index in [1.165, 1.54) is 4.68 Å². The summed E-state index contributed by atoms with van der Waals surface area (Å²) in [4.78, 5) is 0. The van der Waals surface area contributed by atoms with Crippen LogP contribution in [0.5, 0.6) is 0 Å². The van der Waals surface area contributed by atoms with Crippen molar-refractivity contribution in [3.05, 3.63) is 11.8 Å². The molecule has 10 heavy (non-hydrogen) atoms. The molecule has 1 rings (SSSR count). The number of anilines is 1. The molecule has 0 atom stereocenters. The van der Waals surface area contributed by atoms with Gasteiger partial charge < -0.3 is 5.73 Å². The summed E-state index contributed by atoms with van der Waals surface area (Å²) < 4.78 is 1.40. The SMILES string of the molecule is CC(=N)n1nc(C)cc1N. The molecule has 0 unspecified atom stereocenters. The topological polar surface area (TPSA) is 67.7 Å². The first-order chi connectivity index (χ1) is 4.61. The van der Waals surface area contributed by atoms with Crippen LogP contribution in [0.25, 0.3) is 0 Å². The van der Waals surface area contributed by atoms with Crippen molar-refractivity contribution < 1.29 is 0 Å². The molecule has 54 valence electrons. The Balaban J connectivity index is 3.15. The quantitative estimate of drug-likeness (QED) is 0.407. The second-order valence-corrected chi connectivity index (χ2v) is 2.21. The highest BCUT2D eigenvalue weighted by molar-refractivity contribution is 5.80. The third-order valence-corrected chi connectivity index (χ3v) is 1.18. The minimum atomic E-state index is 0.339. The summed E-state index contributed by atoms with van der Waals surface area (Å²) in [6.45, 7) is 3.48. The lowest BCUT2D eigenvalue weighted by Gasteiger charge is -1.97. The molecule has 0 aliphatic rings. The van der Waals surface area contributed by atoms with E-state index in [2.05, 4.69) is 5.10 Å². The molecule has 3 N–H and O–H groups in total. The number of hydrogen-bond donors (Lipinski definition) is 2. The van der Waals surface area contributed by atoms with Crippen LogP contribution in [0.1, 0.15) is 12.6 Å². The molecule has 1 heterocycles. The summed E-state index contributed by atoms with van der Waals surface area (Å²) in [5, 5.41) is 11.2. The van der Waals surface area contributed by atoms with Gasteiger partial charge in [-0.3, -0.25) is 5.41 Å². The first kappa shape index (κ1) is 6.80. The van der Waals surface area contributed by atoms with Crippen LogP contribution in [0.4, 0.5) is 5.82 Å². The van der Waals surface area contributed by atoms with E-state index in [4.69, 9.17) is 11.1 Å². The number of aromatic nitrogens is 2. The highest BCUT2D eigenvalue weighted by Gasteiger charge is 2.00. The summed E-state index contributed by atoms with van der Waals surface area (Å²) in [6.07, 6.45) is 0. The van der Waals surface area contributed by atoms with Gasteiger partial charge in [0.25, 0.3) is 0 Å². The van der Waals surface area contributed by atoms with Crippen LogP contribution in [-0.4, -0.2) is 15.6 Å². The van der Waals surface area contributed by atoms with Gasteiger partial charge in [0.15, 0.2) is 0 Å². The summed E-state index contributed by atoms with van der Waals surface area (Å²) in [6, 6.07) is 1.73. The molecule has 0 bridgehead atoms. The van der Waals surface area contributed by atoms with Crippen molar-refractivity contribution in [3.8, 4) is 0 Å². The molecule has 0 aliphatic heterocycles. The predicted octanol–water partition coefficient (Wildman–Crippen LogP) is 0.619. The van der Waals surface area contributed by atoms with Gasteiger partial charge in [0.2, 0.25) is 0 Å². The molecule has 4 nitrogen and oxygen atoms in total. The van der Waals surface area contributed by atoms with Gasteiger partial charge in [-0.15, -0.1) is 0 Å². The van der Waals surface area contributed by atoms with Gasteiger partial charge in [0.1, 0.15) is 11.7 Å². The van der Waals surface area contributed by atoms with E-state index in [0.717, 1.165) is 5.69 Å². The predicted molar refractivity (Wildman–Crippen MR) is 40.2 cm³/mol. The summed E-state index contributed by atoms with van der Waals surface area (Å²) in [5.74, 6) is 0.857. The van der Waals surface area contributed by atoms with E-state index in [1.807, 2.05) is 6.92 Å². The minimum absolute atomic E-state index is 0.339. The van der Waals surface area contributed by atoms with Crippen molar-refractivity contribution in [2.24, 2.45) is 0 Å². The number of hydrogen-bond acceptors (Lipinski definition) is 3. The van der Waals surface area contributed by atoms with Gasteiger partial charge in [0.05, 0.1) is 5.69 Å². The lowest BCUT2D eigenvalue weighted by Crippen LogP contribution is -2.10. The van der Waals surface area contributed by atoms with Gasteiger partial charge in [-0.05, 0) is 13.8 Å². The molecule has 0 aliphatic carbocycles. The number of nitrogen functional groups attached to an aromatic ring is 1. The average Bonchev–Trinajstić information content (AvgIpc) is 2.10. The lowest BCUT2D eigenvalue weighted by atomic mass is 10.5. The second-order valence-electron chi connectivity index (χ2n) is 2.21. The van der Waals surface area contributed by atoms with E-state index in [-0.39, 0.29) is 0 Å². The molecule has 0 saturated carbocycles. The van der Waals surface area contributed by atoms with Crippen molar-refractivity contribution in [2.75, 3.05) is 5.73 Å². The smallest absolute Gasteiger partial charge is 0.128 e. The summed E-state index contributed by atoms with van der Waals surface area (Å²) >= 11 is 0. The average molecular weight is 138 g/mol. The van der Waals surface area contributed by atoms with Gasteiger partial charge in [-0.1, -0.05) is 0 Å². The third kappa shape index (κ3) is 1.00. The number of nitrogens with one attached hydrogen (secondary N) is 1. The zero-order valence-corrected chi connectivity index (χ0v) is 6.05. The summed E-state index contributed by atoms with van der Waals surface area (Å²) in [7, 11) is 0. The van der Waals surface area contributed by atoms with Crippen molar-refractivity contribution in [3.63, 3.8) is 0 Å². The largest absolute Gasteiger partial charge is 0.384 e. The highest BCUT2D eigenvalue weighted by atomic mass is 15.3. The fourth-order valence-electron chi connectivity index (χ4n) is 0.788. The van der Waals surface area contributed by atoms with E-state index < -0.39 is 0 Å². The maximum atomic E-state index is 7.21. The third-order valence-electron chi connectivity index (χ3n) is 1.18. The fraction of sp³-hybridized carbons (Fsp3) is 0.333. The standard InChI is InChI=1S/C6H10N4/c1-4-3-6(8)10(9-4)5(2)7/h3,7H,8H2,1-2H3. The van der Waals surface area contributed by atoms with E-state index >= 15 is 0 Å². The van der Waals surface area contributed by atoms with Crippen LogP contribution in [0.3, 0.4) is 0 Å². The lowest BCUT2D eigenvalue weighted by molar-refractivity contribution is 0.906. The van der Waals surface area contributed by atoms with Crippen molar-refractivity contribution >= 4 is 11.7 Å². The zero-order chi connectivity index (χ0) is 7.72. The van der Waals surface area contributed by atoms with E-state index in [1.54, 1.807) is 13.0 Å². The Morgan fingerprint density at radius 1 is 1.80 bits per heavy atom. The molecular formula is C6H10N4. The Kier molecular flexibility index (Phi) is 1.45. The Morgan fingerprint density at radius 2 is 2.40 bits per heavy atom. The molecule has 0 spiro atoms. The normalized spacial score (nSPS) is 9.80. The van der Waals surface area contributed by atoms with Crippen molar-refractivity contribution in [1.29, 1.82) is 5.41 Å². The number of rotatable bonds is 0. The van der Waals surface area contributed by atoms with Crippen LogP contribution < -0.4 is 5.73 Å². The van der Waals surface area contributed by atoms with Crippen LogP contribution in [0.2, 0.25) is 0 Å². The van der Waals surface area contributed by atoms with Crippen LogP contribution in [0.15, 0.2) is 6.07 Å². The number of nitrogens with zero attached hydrogens (tertiary/aromatic N) is 2. The molecule has 0 fully saturated rings. The maximum Gasteiger partial charge on any atom is 0.128 e. The molecule has 0 aromatic carbocycles. The molecule has 4 heteroatoms. The highest BCUT2D eigenvalue weighted by Crippen LogP contribution is 2.03. The zero-order valence-electron chi connectivity index (χ0n) is 6.05. The van der Waals surface area contributed by atoms with Crippen molar-refractivity contribution in [1.82, 2.24) is 9.78 Å². The number of aryl methyl sites for hydroxylation is 1. The maximum absolute atomic E-state index is 7.21. The van der Waals surface area contributed by atoms with Crippen LogP contribution in [0, 0.1) is 12.3 Å². The summed E-state index contributed by atoms with van der Waals surface area (Å²) in [5.41, 5.74) is 6.34.